The van der Waals surface area contributed by atoms with E-state index in [0.717, 1.165) is 0 Å². The summed E-state index contributed by atoms with van der Waals surface area (Å²) in [5, 5.41) is 8.88. The number of carbonyl (C=O) groups is 1. The van der Waals surface area contributed by atoms with Crippen molar-refractivity contribution in [2.24, 2.45) is 7.05 Å². The van der Waals surface area contributed by atoms with E-state index in [1.54, 1.807) is 20.3 Å². The van der Waals surface area contributed by atoms with E-state index in [0.29, 0.717) is 5.56 Å². The monoisotopic (exact) mass is 264 g/mol. The van der Waals surface area contributed by atoms with E-state index in [9.17, 15) is 18.0 Å². The molecule has 102 valence electrons. The van der Waals surface area contributed by atoms with Crippen molar-refractivity contribution in [2.45, 2.75) is 18.6 Å². The van der Waals surface area contributed by atoms with Crippen LogP contribution < -0.4 is 10.6 Å². The van der Waals surface area contributed by atoms with Gasteiger partial charge in [-0.2, -0.15) is 18.3 Å². The first kappa shape index (κ1) is 14.5. The highest BCUT2D eigenvalue weighted by Gasteiger charge is 2.27. The van der Waals surface area contributed by atoms with Crippen molar-refractivity contribution in [3.63, 3.8) is 0 Å². The van der Waals surface area contributed by atoms with E-state index in [-0.39, 0.29) is 0 Å². The molecule has 0 spiro atoms. The number of rotatable bonds is 5. The molecular formula is C10H15F3N4O. The molecule has 18 heavy (non-hydrogen) atoms. The Labute approximate surface area is 102 Å². The Morgan fingerprint density at radius 1 is 1.56 bits per heavy atom. The van der Waals surface area contributed by atoms with E-state index in [1.807, 2.05) is 0 Å². The minimum absolute atomic E-state index is 0.430. The van der Waals surface area contributed by atoms with Crippen LogP contribution in [0.2, 0.25) is 0 Å². The Bertz CT molecular complexity index is 402. The predicted molar refractivity (Wildman–Crippen MR) is 58.7 cm³/mol. The molecule has 0 aliphatic rings. The minimum atomic E-state index is -4.27. The molecular weight excluding hydrogens is 249 g/mol. The van der Waals surface area contributed by atoms with Crippen LogP contribution in [0.15, 0.2) is 12.4 Å². The number of aromatic nitrogens is 2. The summed E-state index contributed by atoms with van der Waals surface area (Å²) in [6.45, 7) is -0.430. The van der Waals surface area contributed by atoms with Crippen LogP contribution in [0.25, 0.3) is 0 Å². The fourth-order valence-corrected chi connectivity index (χ4v) is 1.47. The van der Waals surface area contributed by atoms with Gasteiger partial charge in [-0.25, -0.2) is 0 Å². The fraction of sp³-hybridized carbons (Fsp3) is 0.600. The highest BCUT2D eigenvalue weighted by atomic mass is 19.4. The maximum Gasteiger partial charge on any atom is 0.390 e. The average molecular weight is 264 g/mol. The van der Waals surface area contributed by atoms with E-state index < -0.39 is 31.1 Å². The molecule has 1 aromatic rings. The maximum absolute atomic E-state index is 11.9. The van der Waals surface area contributed by atoms with Crippen LogP contribution in [0.5, 0.6) is 0 Å². The summed E-state index contributed by atoms with van der Waals surface area (Å²) in [5.41, 5.74) is 0.601. The number of alkyl halides is 3. The van der Waals surface area contributed by atoms with Gasteiger partial charge in [-0.1, -0.05) is 0 Å². The molecule has 0 aromatic carbocycles. The Kier molecular flexibility index (Phi) is 4.71. The summed E-state index contributed by atoms with van der Waals surface area (Å²) in [6.07, 6.45) is -2.19. The third-order valence-corrected chi connectivity index (χ3v) is 2.32. The lowest BCUT2D eigenvalue weighted by Gasteiger charge is -2.15. The van der Waals surface area contributed by atoms with Crippen molar-refractivity contribution < 1.29 is 18.0 Å². The first-order valence-corrected chi connectivity index (χ1v) is 5.34. The molecule has 0 radical (unpaired) electrons. The van der Waals surface area contributed by atoms with Gasteiger partial charge in [-0.05, 0) is 7.05 Å². The summed E-state index contributed by atoms with van der Waals surface area (Å²) in [6, 6.07) is -0.702. The molecule has 0 bridgehead atoms. The van der Waals surface area contributed by atoms with Gasteiger partial charge in [0.05, 0.1) is 12.6 Å². The second kappa shape index (κ2) is 5.85. The molecule has 0 aliphatic carbocycles. The van der Waals surface area contributed by atoms with Gasteiger partial charge in [0, 0.05) is 25.4 Å². The zero-order valence-corrected chi connectivity index (χ0v) is 10.1. The average Bonchev–Trinajstić information content (AvgIpc) is 2.64. The van der Waals surface area contributed by atoms with Gasteiger partial charge in [0.25, 0.3) is 0 Å². The molecule has 1 aromatic heterocycles. The van der Waals surface area contributed by atoms with Crippen molar-refractivity contribution in [1.82, 2.24) is 20.4 Å². The largest absolute Gasteiger partial charge is 0.390 e. The second-order valence-electron chi connectivity index (χ2n) is 3.83. The zero-order chi connectivity index (χ0) is 13.8. The number of aryl methyl sites for hydroxylation is 1. The Balaban J connectivity index is 2.53. The molecule has 2 N–H and O–H groups in total. The molecule has 0 saturated carbocycles. The van der Waals surface area contributed by atoms with Crippen molar-refractivity contribution in [1.29, 1.82) is 0 Å². The summed E-state index contributed by atoms with van der Waals surface area (Å²) >= 11 is 0. The molecule has 0 fully saturated rings. The molecule has 8 heteroatoms. The standard InChI is InChI=1S/C10H15F3N4O/c1-14-8(7-5-16-17(2)6-7)9(18)15-4-3-10(11,12)13/h5-6,8,14H,3-4H2,1-2H3,(H,15,18). The topological polar surface area (TPSA) is 59.0 Å². The van der Waals surface area contributed by atoms with E-state index in [2.05, 4.69) is 15.7 Å². The fourth-order valence-electron chi connectivity index (χ4n) is 1.47. The molecule has 1 rings (SSSR count). The van der Waals surface area contributed by atoms with Gasteiger partial charge in [-0.15, -0.1) is 0 Å². The number of hydrogen-bond donors (Lipinski definition) is 2. The molecule has 1 amide bonds. The van der Waals surface area contributed by atoms with Crippen LogP contribution in [-0.4, -0.2) is 35.5 Å². The van der Waals surface area contributed by atoms with Crippen molar-refractivity contribution in [3.8, 4) is 0 Å². The quantitative estimate of drug-likeness (QED) is 0.825. The van der Waals surface area contributed by atoms with Crippen molar-refractivity contribution >= 4 is 5.91 Å². The van der Waals surface area contributed by atoms with Gasteiger partial charge < -0.3 is 10.6 Å². The summed E-state index contributed by atoms with van der Waals surface area (Å²) in [5.74, 6) is -0.505. The van der Waals surface area contributed by atoms with Crippen LogP contribution in [-0.2, 0) is 11.8 Å². The normalized spacial score (nSPS) is 13.4. The molecule has 5 nitrogen and oxygen atoms in total. The number of nitrogens with one attached hydrogen (secondary N) is 2. The second-order valence-corrected chi connectivity index (χ2v) is 3.83. The first-order valence-electron chi connectivity index (χ1n) is 5.34. The SMILES string of the molecule is CNC(C(=O)NCCC(F)(F)F)c1cnn(C)c1. The van der Waals surface area contributed by atoms with E-state index >= 15 is 0 Å². The summed E-state index contributed by atoms with van der Waals surface area (Å²) < 4.78 is 37.3. The highest BCUT2D eigenvalue weighted by molar-refractivity contribution is 5.82. The Hall–Kier alpha value is -1.57. The molecule has 1 unspecified atom stereocenters. The van der Waals surface area contributed by atoms with Gasteiger partial charge in [0.15, 0.2) is 0 Å². The van der Waals surface area contributed by atoms with Crippen LogP contribution in [0.4, 0.5) is 13.2 Å². The Morgan fingerprint density at radius 3 is 2.67 bits per heavy atom. The molecule has 0 aliphatic heterocycles. The van der Waals surface area contributed by atoms with Crippen LogP contribution in [0.3, 0.4) is 0 Å². The van der Waals surface area contributed by atoms with E-state index in [4.69, 9.17) is 0 Å². The number of nitrogens with zero attached hydrogens (tertiary/aromatic N) is 2. The van der Waals surface area contributed by atoms with E-state index in [1.165, 1.54) is 10.9 Å². The Morgan fingerprint density at radius 2 is 2.22 bits per heavy atom. The predicted octanol–water partition coefficient (Wildman–Crippen LogP) is 0.749. The lowest BCUT2D eigenvalue weighted by Crippen LogP contribution is -2.37. The first-order chi connectivity index (χ1) is 8.33. The smallest absolute Gasteiger partial charge is 0.354 e. The van der Waals surface area contributed by atoms with Crippen LogP contribution in [0, 0.1) is 0 Å². The van der Waals surface area contributed by atoms with Crippen LogP contribution >= 0.6 is 0 Å². The number of carbonyl (C=O) groups excluding carboxylic acids is 1. The maximum atomic E-state index is 11.9. The third kappa shape index (κ3) is 4.36. The van der Waals surface area contributed by atoms with Crippen molar-refractivity contribution in [3.05, 3.63) is 18.0 Å². The van der Waals surface area contributed by atoms with Gasteiger partial charge in [0.1, 0.15) is 6.04 Å². The number of halogens is 3. The summed E-state index contributed by atoms with van der Waals surface area (Å²) in [7, 11) is 3.25. The zero-order valence-electron chi connectivity index (χ0n) is 10.1. The van der Waals surface area contributed by atoms with Gasteiger partial charge in [0.2, 0.25) is 5.91 Å². The van der Waals surface area contributed by atoms with Gasteiger partial charge >= 0.3 is 6.18 Å². The number of likely N-dealkylation sites (N-methyl/N-ethyl adjacent to an activating group) is 1. The minimum Gasteiger partial charge on any atom is -0.354 e. The highest BCUT2D eigenvalue weighted by Crippen LogP contribution is 2.18. The molecule has 0 saturated heterocycles. The lowest BCUT2D eigenvalue weighted by molar-refractivity contribution is -0.136. The van der Waals surface area contributed by atoms with Crippen LogP contribution in [0.1, 0.15) is 18.0 Å². The lowest BCUT2D eigenvalue weighted by atomic mass is 10.1. The summed E-state index contributed by atoms with van der Waals surface area (Å²) in [4.78, 5) is 11.7. The third-order valence-electron chi connectivity index (χ3n) is 2.32. The molecule has 1 heterocycles. The van der Waals surface area contributed by atoms with Crippen molar-refractivity contribution in [2.75, 3.05) is 13.6 Å². The number of amides is 1. The van der Waals surface area contributed by atoms with Gasteiger partial charge in [-0.3, -0.25) is 9.48 Å². The number of hydrogen-bond acceptors (Lipinski definition) is 3. The molecule has 1 atom stereocenters.